The number of hydrazine groups is 1. The van der Waals surface area contributed by atoms with Crippen molar-refractivity contribution in [2.24, 2.45) is 11.3 Å². The monoisotopic (exact) mass is 243 g/mol. The predicted molar refractivity (Wildman–Crippen MR) is 67.2 cm³/mol. The highest BCUT2D eigenvalue weighted by atomic mass is 32.1. The molecule has 1 aromatic heterocycles. The summed E-state index contributed by atoms with van der Waals surface area (Å²) in [6.07, 6.45) is 2.79. The Morgan fingerprint density at radius 3 is 2.62 bits per heavy atom. The van der Waals surface area contributed by atoms with E-state index in [-0.39, 0.29) is 17.6 Å². The van der Waals surface area contributed by atoms with Crippen LogP contribution in [0.5, 0.6) is 0 Å². The molecule has 0 amide bonds. The molecule has 0 aliphatic rings. The molecule has 0 spiro atoms. The molecule has 3 N–H and O–H groups in total. The normalized spacial score (nSPS) is 16.1. The highest BCUT2D eigenvalue weighted by Crippen LogP contribution is 2.26. The van der Waals surface area contributed by atoms with Crippen LogP contribution in [0.2, 0.25) is 0 Å². The standard InChI is InChI=1S/C11H21N3OS/c1-11(2,3)10(15-4)9(14-12)5-8-6-13-7-16-8/h6-7,9-10,14H,5,12H2,1-4H3. The molecule has 1 aromatic rings. The van der Waals surface area contributed by atoms with Gasteiger partial charge in [0, 0.05) is 24.6 Å². The van der Waals surface area contributed by atoms with E-state index in [4.69, 9.17) is 10.6 Å². The van der Waals surface area contributed by atoms with Gasteiger partial charge in [-0.1, -0.05) is 20.8 Å². The van der Waals surface area contributed by atoms with Crippen molar-refractivity contribution in [3.8, 4) is 0 Å². The van der Waals surface area contributed by atoms with Crippen LogP contribution in [0.15, 0.2) is 11.7 Å². The van der Waals surface area contributed by atoms with Gasteiger partial charge in [0.2, 0.25) is 0 Å². The van der Waals surface area contributed by atoms with Crippen LogP contribution in [0, 0.1) is 5.41 Å². The highest BCUT2D eigenvalue weighted by molar-refractivity contribution is 7.09. The van der Waals surface area contributed by atoms with Crippen LogP contribution in [0.4, 0.5) is 0 Å². The zero-order valence-corrected chi connectivity index (χ0v) is 11.2. The van der Waals surface area contributed by atoms with Gasteiger partial charge in [0.15, 0.2) is 0 Å². The maximum absolute atomic E-state index is 5.62. The van der Waals surface area contributed by atoms with Crippen molar-refractivity contribution in [3.05, 3.63) is 16.6 Å². The topological polar surface area (TPSA) is 60.2 Å². The van der Waals surface area contributed by atoms with Crippen LogP contribution in [-0.2, 0) is 11.2 Å². The SMILES string of the molecule is COC(C(Cc1cncs1)NN)C(C)(C)C. The first-order chi connectivity index (χ1) is 7.49. The van der Waals surface area contributed by atoms with Crippen molar-refractivity contribution in [3.63, 3.8) is 0 Å². The van der Waals surface area contributed by atoms with E-state index in [1.807, 2.05) is 11.7 Å². The van der Waals surface area contributed by atoms with Gasteiger partial charge in [-0.05, 0) is 5.41 Å². The van der Waals surface area contributed by atoms with Crippen LogP contribution in [-0.4, -0.2) is 24.2 Å². The average molecular weight is 243 g/mol. The lowest BCUT2D eigenvalue weighted by atomic mass is 9.83. The molecule has 0 aromatic carbocycles. The van der Waals surface area contributed by atoms with Crippen LogP contribution in [0.1, 0.15) is 25.6 Å². The second-order valence-electron chi connectivity index (χ2n) is 4.97. The molecule has 0 fully saturated rings. The van der Waals surface area contributed by atoms with E-state index >= 15 is 0 Å². The summed E-state index contributed by atoms with van der Waals surface area (Å²) in [5.41, 5.74) is 4.74. The summed E-state index contributed by atoms with van der Waals surface area (Å²) >= 11 is 1.64. The number of nitrogens with one attached hydrogen (secondary N) is 1. The number of methoxy groups -OCH3 is 1. The molecular weight excluding hydrogens is 222 g/mol. The maximum atomic E-state index is 5.62. The van der Waals surface area contributed by atoms with Gasteiger partial charge in [-0.15, -0.1) is 11.3 Å². The fourth-order valence-corrected chi connectivity index (χ4v) is 2.59. The van der Waals surface area contributed by atoms with E-state index < -0.39 is 0 Å². The van der Waals surface area contributed by atoms with Gasteiger partial charge in [0.05, 0.1) is 17.7 Å². The number of aromatic nitrogens is 1. The predicted octanol–water partition coefficient (Wildman–Crippen LogP) is 1.58. The minimum atomic E-state index is 0.0521. The molecule has 0 saturated heterocycles. The molecule has 0 radical (unpaired) electrons. The molecule has 1 heterocycles. The zero-order valence-electron chi connectivity index (χ0n) is 10.4. The molecule has 92 valence electrons. The average Bonchev–Trinajstić information content (AvgIpc) is 2.67. The van der Waals surface area contributed by atoms with Crippen molar-refractivity contribution in [1.29, 1.82) is 0 Å². The summed E-state index contributed by atoms with van der Waals surface area (Å²) in [5, 5.41) is 0. The summed E-state index contributed by atoms with van der Waals surface area (Å²) in [6, 6.07) is 0.102. The van der Waals surface area contributed by atoms with Crippen molar-refractivity contribution in [2.45, 2.75) is 39.3 Å². The highest BCUT2D eigenvalue weighted by Gasteiger charge is 2.32. The molecule has 0 bridgehead atoms. The van der Waals surface area contributed by atoms with Crippen LogP contribution in [0.25, 0.3) is 0 Å². The van der Waals surface area contributed by atoms with Gasteiger partial charge in [-0.25, -0.2) is 0 Å². The fourth-order valence-electron chi connectivity index (χ4n) is 1.93. The Morgan fingerprint density at radius 1 is 1.56 bits per heavy atom. The first kappa shape index (κ1) is 13.6. The molecule has 0 saturated carbocycles. The molecule has 2 atom stereocenters. The second kappa shape index (κ2) is 5.72. The van der Waals surface area contributed by atoms with E-state index in [0.29, 0.717) is 0 Å². The van der Waals surface area contributed by atoms with Crippen LogP contribution >= 0.6 is 11.3 Å². The second-order valence-corrected chi connectivity index (χ2v) is 5.94. The number of ether oxygens (including phenoxy) is 1. The third kappa shape index (κ3) is 3.52. The molecular formula is C11H21N3OS. The Morgan fingerprint density at radius 2 is 2.25 bits per heavy atom. The number of hydrogen-bond donors (Lipinski definition) is 2. The number of rotatable bonds is 5. The lowest BCUT2D eigenvalue weighted by Gasteiger charge is -2.35. The van der Waals surface area contributed by atoms with Gasteiger partial charge < -0.3 is 4.74 Å². The first-order valence-corrected chi connectivity index (χ1v) is 6.23. The molecule has 0 aliphatic carbocycles. The summed E-state index contributed by atoms with van der Waals surface area (Å²) in [4.78, 5) is 5.28. The third-order valence-corrected chi connectivity index (χ3v) is 3.39. The van der Waals surface area contributed by atoms with E-state index in [9.17, 15) is 0 Å². The molecule has 16 heavy (non-hydrogen) atoms. The van der Waals surface area contributed by atoms with Crippen molar-refractivity contribution < 1.29 is 4.74 Å². The Hall–Kier alpha value is -0.490. The van der Waals surface area contributed by atoms with Crippen LogP contribution in [0.3, 0.4) is 0 Å². The van der Waals surface area contributed by atoms with Gasteiger partial charge in [-0.2, -0.15) is 0 Å². The summed E-state index contributed by atoms with van der Waals surface area (Å²) in [7, 11) is 1.73. The van der Waals surface area contributed by atoms with Crippen molar-refractivity contribution in [1.82, 2.24) is 10.4 Å². The smallest absolute Gasteiger partial charge is 0.0794 e. The van der Waals surface area contributed by atoms with E-state index in [2.05, 4.69) is 31.2 Å². The number of hydrogen-bond acceptors (Lipinski definition) is 5. The maximum Gasteiger partial charge on any atom is 0.0794 e. The number of thiazole rings is 1. The lowest BCUT2D eigenvalue weighted by molar-refractivity contribution is -0.0108. The van der Waals surface area contributed by atoms with Gasteiger partial charge in [-0.3, -0.25) is 16.3 Å². The summed E-state index contributed by atoms with van der Waals surface area (Å²) in [6.45, 7) is 6.45. The molecule has 0 aliphatic heterocycles. The Bertz CT molecular complexity index is 295. The van der Waals surface area contributed by atoms with Gasteiger partial charge >= 0.3 is 0 Å². The Balaban J connectivity index is 2.72. The number of nitrogens with two attached hydrogens (primary N) is 1. The summed E-state index contributed by atoms with van der Waals surface area (Å²) < 4.78 is 5.56. The molecule has 4 nitrogen and oxygen atoms in total. The quantitative estimate of drug-likeness (QED) is 0.609. The van der Waals surface area contributed by atoms with E-state index in [1.165, 1.54) is 4.88 Å². The third-order valence-electron chi connectivity index (χ3n) is 2.59. The minimum Gasteiger partial charge on any atom is -0.379 e. The largest absolute Gasteiger partial charge is 0.379 e. The van der Waals surface area contributed by atoms with Crippen molar-refractivity contribution in [2.75, 3.05) is 7.11 Å². The zero-order chi connectivity index (χ0) is 12.2. The Labute approximate surface area is 101 Å². The Kier molecular flexibility index (Phi) is 4.86. The van der Waals surface area contributed by atoms with Gasteiger partial charge in [0.25, 0.3) is 0 Å². The fraction of sp³-hybridized carbons (Fsp3) is 0.727. The molecule has 5 heteroatoms. The first-order valence-electron chi connectivity index (χ1n) is 5.35. The molecule has 1 rings (SSSR count). The van der Waals surface area contributed by atoms with Crippen LogP contribution < -0.4 is 11.3 Å². The van der Waals surface area contributed by atoms with E-state index in [0.717, 1.165) is 6.42 Å². The van der Waals surface area contributed by atoms with Gasteiger partial charge in [0.1, 0.15) is 0 Å². The summed E-state index contributed by atoms with van der Waals surface area (Å²) in [5.74, 6) is 5.62. The van der Waals surface area contributed by atoms with E-state index in [1.54, 1.807) is 18.4 Å². The molecule has 2 unspecified atom stereocenters. The minimum absolute atomic E-state index is 0.0521. The number of nitrogens with zero attached hydrogens (tertiary/aromatic N) is 1. The lowest BCUT2D eigenvalue weighted by Crippen LogP contribution is -2.51. The van der Waals surface area contributed by atoms with Crippen molar-refractivity contribution >= 4 is 11.3 Å².